The Kier molecular flexibility index (Phi) is 5.03. The fourth-order valence-electron chi connectivity index (χ4n) is 3.96. The molecule has 32 heavy (non-hydrogen) atoms. The van der Waals surface area contributed by atoms with Crippen LogP contribution < -0.4 is 14.8 Å². The maximum Gasteiger partial charge on any atom is 0.277 e. The van der Waals surface area contributed by atoms with Gasteiger partial charge < -0.3 is 14.8 Å². The van der Waals surface area contributed by atoms with Crippen LogP contribution in [0.15, 0.2) is 60.8 Å². The summed E-state index contributed by atoms with van der Waals surface area (Å²) in [7, 11) is 3.20. The molecule has 1 aliphatic rings. The first-order valence-corrected chi connectivity index (χ1v) is 10.3. The highest BCUT2D eigenvalue weighted by Crippen LogP contribution is 2.45. The van der Waals surface area contributed by atoms with Gasteiger partial charge in [0.15, 0.2) is 17.2 Å². The molecule has 0 saturated carbocycles. The van der Waals surface area contributed by atoms with Crippen LogP contribution in [0.3, 0.4) is 0 Å². The molecule has 0 aliphatic heterocycles. The zero-order valence-corrected chi connectivity index (χ0v) is 18.2. The first kappa shape index (κ1) is 20.1. The normalized spacial score (nSPS) is 11.6. The molecular formula is C24H19ClN4O3. The van der Waals surface area contributed by atoms with Crippen LogP contribution in [0.2, 0.25) is 5.02 Å². The summed E-state index contributed by atoms with van der Waals surface area (Å²) in [5, 5.41) is 8.10. The quantitative estimate of drug-likeness (QED) is 0.421. The summed E-state index contributed by atoms with van der Waals surface area (Å²) in [4.78, 5) is 17.4. The third-order valence-electron chi connectivity index (χ3n) is 5.39. The lowest BCUT2D eigenvalue weighted by molar-refractivity contribution is 0.102. The minimum Gasteiger partial charge on any atom is -0.493 e. The molecule has 0 fully saturated rings. The number of fused-ring (bicyclic) bond motifs is 3. The third kappa shape index (κ3) is 3.36. The average molecular weight is 447 g/mol. The SMILES string of the molecule is COc1cc2c(cc1OC)-c1c(c(C(=O)Nc3ccccn3)nn1-c1cccc(Cl)c1)C2. The van der Waals surface area contributed by atoms with Crippen molar-refractivity contribution in [2.24, 2.45) is 0 Å². The average Bonchev–Trinajstić information content (AvgIpc) is 3.35. The number of benzene rings is 2. The molecule has 8 heteroatoms. The number of amides is 1. The molecule has 0 radical (unpaired) electrons. The van der Waals surface area contributed by atoms with E-state index in [1.165, 1.54) is 0 Å². The Balaban J connectivity index is 1.68. The van der Waals surface area contributed by atoms with E-state index in [1.54, 1.807) is 43.3 Å². The van der Waals surface area contributed by atoms with Gasteiger partial charge in [-0.1, -0.05) is 23.7 Å². The largest absolute Gasteiger partial charge is 0.493 e. The van der Waals surface area contributed by atoms with Gasteiger partial charge in [-0.15, -0.1) is 0 Å². The lowest BCUT2D eigenvalue weighted by Crippen LogP contribution is -2.15. The minimum atomic E-state index is -0.326. The number of rotatable bonds is 5. The van der Waals surface area contributed by atoms with Crippen LogP contribution in [0.25, 0.3) is 16.9 Å². The molecule has 5 rings (SSSR count). The van der Waals surface area contributed by atoms with Gasteiger partial charge in [0.2, 0.25) is 0 Å². The van der Waals surface area contributed by atoms with Gasteiger partial charge in [-0.05, 0) is 48.0 Å². The van der Waals surface area contributed by atoms with E-state index in [9.17, 15) is 4.79 Å². The Bertz CT molecular complexity index is 1330. The van der Waals surface area contributed by atoms with E-state index in [1.807, 2.05) is 36.4 Å². The van der Waals surface area contributed by atoms with E-state index < -0.39 is 0 Å². The molecule has 160 valence electrons. The smallest absolute Gasteiger partial charge is 0.277 e. The molecule has 1 N–H and O–H groups in total. The molecule has 1 amide bonds. The highest BCUT2D eigenvalue weighted by molar-refractivity contribution is 6.30. The van der Waals surface area contributed by atoms with E-state index in [2.05, 4.69) is 15.4 Å². The van der Waals surface area contributed by atoms with Gasteiger partial charge in [-0.25, -0.2) is 9.67 Å². The number of ether oxygens (including phenoxy) is 2. The van der Waals surface area contributed by atoms with Crippen molar-refractivity contribution in [2.75, 3.05) is 19.5 Å². The predicted molar refractivity (Wildman–Crippen MR) is 122 cm³/mol. The highest BCUT2D eigenvalue weighted by Gasteiger charge is 2.32. The number of hydrogen-bond donors (Lipinski definition) is 1. The van der Waals surface area contributed by atoms with Crippen molar-refractivity contribution in [3.05, 3.63) is 82.6 Å². The fourth-order valence-corrected chi connectivity index (χ4v) is 4.15. The van der Waals surface area contributed by atoms with Gasteiger partial charge in [-0.2, -0.15) is 5.10 Å². The van der Waals surface area contributed by atoms with Gasteiger partial charge in [0, 0.05) is 28.8 Å². The van der Waals surface area contributed by atoms with E-state index in [4.69, 9.17) is 21.1 Å². The summed E-state index contributed by atoms with van der Waals surface area (Å²) in [6.07, 6.45) is 2.16. The van der Waals surface area contributed by atoms with Gasteiger partial charge in [0.25, 0.3) is 5.91 Å². The first-order valence-electron chi connectivity index (χ1n) is 9.94. The Hall–Kier alpha value is -3.84. The molecule has 0 saturated heterocycles. The number of anilines is 1. The van der Waals surface area contributed by atoms with Crippen LogP contribution in [0, 0.1) is 0 Å². The number of carbonyl (C=O) groups excluding carboxylic acids is 1. The van der Waals surface area contributed by atoms with E-state index >= 15 is 0 Å². The molecule has 0 unspecified atom stereocenters. The number of nitrogens with one attached hydrogen (secondary N) is 1. The Morgan fingerprint density at radius 1 is 1.06 bits per heavy atom. The molecule has 4 aromatic rings. The predicted octanol–water partition coefficient (Wildman–Crippen LogP) is 4.76. The second kappa shape index (κ2) is 8.01. The van der Waals surface area contributed by atoms with Crippen molar-refractivity contribution in [2.45, 2.75) is 6.42 Å². The second-order valence-corrected chi connectivity index (χ2v) is 7.71. The summed E-state index contributed by atoms with van der Waals surface area (Å²) >= 11 is 6.24. The first-order chi connectivity index (χ1) is 15.6. The Morgan fingerprint density at radius 2 is 1.88 bits per heavy atom. The van der Waals surface area contributed by atoms with Gasteiger partial charge >= 0.3 is 0 Å². The van der Waals surface area contributed by atoms with Crippen LogP contribution in [-0.2, 0) is 6.42 Å². The summed E-state index contributed by atoms with van der Waals surface area (Å²) in [5.41, 5.74) is 4.70. The zero-order chi connectivity index (χ0) is 22.2. The standard InChI is InChI=1S/C24H19ClN4O3/c1-31-19-11-14-10-18-22(24(30)27-21-8-3-4-9-26-21)28-29(16-7-5-6-15(25)12-16)23(18)17(14)13-20(19)32-2/h3-9,11-13H,10H2,1-2H3,(H,26,27,30). The molecule has 2 heterocycles. The number of aromatic nitrogens is 3. The molecule has 0 bridgehead atoms. The minimum absolute atomic E-state index is 0.326. The van der Waals surface area contributed by atoms with Crippen molar-refractivity contribution >= 4 is 23.3 Å². The highest BCUT2D eigenvalue weighted by atomic mass is 35.5. The van der Waals surface area contributed by atoms with Crippen LogP contribution in [0.5, 0.6) is 11.5 Å². The summed E-state index contributed by atoms with van der Waals surface area (Å²) in [5.74, 6) is 1.38. The van der Waals surface area contributed by atoms with E-state index in [0.717, 1.165) is 28.1 Å². The van der Waals surface area contributed by atoms with Crippen LogP contribution in [0.1, 0.15) is 21.6 Å². The van der Waals surface area contributed by atoms with Crippen molar-refractivity contribution in [3.8, 4) is 28.4 Å². The lowest BCUT2D eigenvalue weighted by atomic mass is 10.1. The van der Waals surface area contributed by atoms with Crippen molar-refractivity contribution in [3.63, 3.8) is 0 Å². The maximum atomic E-state index is 13.2. The van der Waals surface area contributed by atoms with E-state index in [-0.39, 0.29) is 5.91 Å². The van der Waals surface area contributed by atoms with Crippen LogP contribution in [-0.4, -0.2) is 34.9 Å². The maximum absolute atomic E-state index is 13.2. The molecule has 2 aromatic carbocycles. The molecular weight excluding hydrogens is 428 g/mol. The third-order valence-corrected chi connectivity index (χ3v) is 5.62. The summed E-state index contributed by atoms with van der Waals surface area (Å²) < 4.78 is 12.7. The van der Waals surface area contributed by atoms with Crippen LogP contribution >= 0.6 is 11.6 Å². The van der Waals surface area contributed by atoms with Gasteiger partial charge in [0.05, 0.1) is 25.6 Å². The van der Waals surface area contributed by atoms with Gasteiger partial charge in [0.1, 0.15) is 5.82 Å². The van der Waals surface area contributed by atoms with Crippen molar-refractivity contribution in [1.82, 2.24) is 14.8 Å². The number of hydrogen-bond acceptors (Lipinski definition) is 5. The molecule has 2 aromatic heterocycles. The topological polar surface area (TPSA) is 78.3 Å². The molecule has 0 atom stereocenters. The zero-order valence-electron chi connectivity index (χ0n) is 17.4. The molecule has 0 spiro atoms. The Morgan fingerprint density at radius 3 is 2.59 bits per heavy atom. The number of nitrogens with zero attached hydrogens (tertiary/aromatic N) is 3. The van der Waals surface area contributed by atoms with Crippen molar-refractivity contribution in [1.29, 1.82) is 0 Å². The lowest BCUT2D eigenvalue weighted by Gasteiger charge is -2.12. The monoisotopic (exact) mass is 446 g/mol. The second-order valence-electron chi connectivity index (χ2n) is 7.28. The number of pyridine rings is 1. The summed E-state index contributed by atoms with van der Waals surface area (Å²) in [6.45, 7) is 0. The van der Waals surface area contributed by atoms with E-state index in [0.29, 0.717) is 34.5 Å². The molecule has 7 nitrogen and oxygen atoms in total. The van der Waals surface area contributed by atoms with Crippen LogP contribution in [0.4, 0.5) is 5.82 Å². The van der Waals surface area contributed by atoms with Gasteiger partial charge in [-0.3, -0.25) is 4.79 Å². The number of carbonyl (C=O) groups is 1. The fraction of sp³-hybridized carbons (Fsp3) is 0.125. The number of halogens is 1. The van der Waals surface area contributed by atoms with Crippen molar-refractivity contribution < 1.29 is 14.3 Å². The number of methoxy groups -OCH3 is 2. The summed E-state index contributed by atoms with van der Waals surface area (Å²) in [6, 6.07) is 16.6. The Labute approximate surface area is 189 Å². The molecule has 1 aliphatic carbocycles.